The van der Waals surface area contributed by atoms with E-state index in [1.807, 2.05) is 0 Å². The third-order valence-corrected chi connectivity index (χ3v) is 4.96. The minimum Gasteiger partial charge on any atom is -0.493 e. The molecule has 0 aliphatic rings. The molecular weight excluding hydrogens is 350 g/mol. The van der Waals surface area contributed by atoms with Gasteiger partial charge in [-0.25, -0.2) is 0 Å². The zero-order chi connectivity index (χ0) is 15.2. The summed E-state index contributed by atoms with van der Waals surface area (Å²) in [5, 5.41) is 7.69. The van der Waals surface area contributed by atoms with Crippen LogP contribution in [-0.4, -0.2) is 20.8 Å². The summed E-state index contributed by atoms with van der Waals surface area (Å²) in [7, 11) is 3.33. The summed E-state index contributed by atoms with van der Waals surface area (Å²) in [4.78, 5) is 0. The van der Waals surface area contributed by atoms with E-state index in [-0.39, 0.29) is 0 Å². The lowest BCUT2D eigenvalue weighted by Gasteiger charge is -2.15. The van der Waals surface area contributed by atoms with E-state index in [1.54, 1.807) is 25.6 Å². The Morgan fingerprint density at radius 3 is 2.38 bits per heavy atom. The smallest absolute Gasteiger partial charge is 0.161 e. The molecule has 0 aliphatic heterocycles. The highest BCUT2D eigenvalue weighted by Crippen LogP contribution is 2.39. The maximum absolute atomic E-state index is 5.44. The first kappa shape index (κ1) is 16.3. The quantitative estimate of drug-likeness (QED) is 0.717. The Kier molecular flexibility index (Phi) is 6.08. The van der Waals surface area contributed by atoms with Crippen LogP contribution in [0.2, 0.25) is 0 Å². The van der Waals surface area contributed by atoms with E-state index in [1.165, 1.54) is 16.7 Å². The van der Waals surface area contributed by atoms with Gasteiger partial charge in [0, 0.05) is 22.0 Å². The van der Waals surface area contributed by atoms with Crippen molar-refractivity contribution in [3.8, 4) is 22.6 Å². The fourth-order valence-corrected chi connectivity index (χ4v) is 3.70. The molecule has 0 unspecified atom stereocenters. The molecule has 0 atom stereocenters. The molecule has 1 N–H and O–H groups in total. The normalized spacial score (nSPS) is 10.7. The number of methoxy groups -OCH3 is 2. The Morgan fingerprint density at radius 2 is 1.81 bits per heavy atom. The van der Waals surface area contributed by atoms with E-state index in [0.717, 1.165) is 35.5 Å². The lowest BCUT2D eigenvalue weighted by molar-refractivity contribution is 0.354. The van der Waals surface area contributed by atoms with Crippen molar-refractivity contribution in [1.82, 2.24) is 5.32 Å². The fourth-order valence-electron chi connectivity index (χ4n) is 2.19. The number of thiophene rings is 1. The van der Waals surface area contributed by atoms with E-state index in [0.29, 0.717) is 0 Å². The van der Waals surface area contributed by atoms with Crippen LogP contribution in [0.3, 0.4) is 0 Å². The molecule has 1 aromatic heterocycles. The van der Waals surface area contributed by atoms with Gasteiger partial charge in [0.15, 0.2) is 11.5 Å². The Bertz CT molecular complexity index is 598. The Morgan fingerprint density at radius 1 is 1.10 bits per heavy atom. The zero-order valence-corrected chi connectivity index (χ0v) is 14.9. The standard InChI is InChI=1S/C16H20BrNO2S/c1-4-5-18-8-11-6-15(19-2)16(20-3)7-12(11)13-9-21-10-14(13)17/h6-7,9-10,18H,4-5,8H2,1-3H3. The van der Waals surface area contributed by atoms with Gasteiger partial charge >= 0.3 is 0 Å². The fraction of sp³-hybridized carbons (Fsp3) is 0.375. The Hall–Kier alpha value is -1.04. The summed E-state index contributed by atoms with van der Waals surface area (Å²) >= 11 is 5.30. The van der Waals surface area contributed by atoms with Crippen LogP contribution < -0.4 is 14.8 Å². The van der Waals surface area contributed by atoms with Crippen LogP contribution in [0.25, 0.3) is 11.1 Å². The van der Waals surface area contributed by atoms with Crippen molar-refractivity contribution in [2.24, 2.45) is 0 Å². The molecule has 0 radical (unpaired) electrons. The largest absolute Gasteiger partial charge is 0.493 e. The van der Waals surface area contributed by atoms with Gasteiger partial charge < -0.3 is 14.8 Å². The molecule has 1 aromatic carbocycles. The molecule has 5 heteroatoms. The maximum atomic E-state index is 5.44. The second-order valence-electron chi connectivity index (χ2n) is 4.67. The summed E-state index contributed by atoms with van der Waals surface area (Å²) < 4.78 is 12.0. The molecule has 21 heavy (non-hydrogen) atoms. The van der Waals surface area contributed by atoms with Crippen LogP contribution in [0, 0.1) is 0 Å². The maximum Gasteiger partial charge on any atom is 0.161 e. The van der Waals surface area contributed by atoms with E-state index in [9.17, 15) is 0 Å². The molecule has 2 rings (SSSR count). The van der Waals surface area contributed by atoms with E-state index < -0.39 is 0 Å². The van der Waals surface area contributed by atoms with E-state index >= 15 is 0 Å². The monoisotopic (exact) mass is 369 g/mol. The van der Waals surface area contributed by atoms with Crippen LogP contribution in [0.4, 0.5) is 0 Å². The summed E-state index contributed by atoms with van der Waals surface area (Å²) in [5.74, 6) is 1.52. The van der Waals surface area contributed by atoms with Gasteiger partial charge in [-0.3, -0.25) is 0 Å². The number of rotatable bonds is 7. The van der Waals surface area contributed by atoms with Crippen molar-refractivity contribution in [3.63, 3.8) is 0 Å². The van der Waals surface area contributed by atoms with E-state index in [2.05, 4.69) is 51.1 Å². The van der Waals surface area contributed by atoms with Crippen molar-refractivity contribution in [1.29, 1.82) is 0 Å². The second kappa shape index (κ2) is 7.82. The van der Waals surface area contributed by atoms with Crippen molar-refractivity contribution < 1.29 is 9.47 Å². The third kappa shape index (κ3) is 3.78. The van der Waals surface area contributed by atoms with Crippen molar-refractivity contribution in [2.45, 2.75) is 19.9 Å². The molecule has 3 nitrogen and oxygen atoms in total. The third-order valence-electron chi connectivity index (χ3n) is 3.26. The number of nitrogens with one attached hydrogen (secondary N) is 1. The number of ether oxygens (including phenoxy) is 2. The molecule has 2 aromatic rings. The number of hydrogen-bond donors (Lipinski definition) is 1. The van der Waals surface area contributed by atoms with Gasteiger partial charge in [0.2, 0.25) is 0 Å². The summed E-state index contributed by atoms with van der Waals surface area (Å²) in [5.41, 5.74) is 3.57. The Labute approximate surface area is 138 Å². The minimum atomic E-state index is 0.754. The number of halogens is 1. The van der Waals surface area contributed by atoms with Gasteiger partial charge in [-0.2, -0.15) is 11.3 Å². The molecule has 0 amide bonds. The van der Waals surface area contributed by atoms with Crippen molar-refractivity contribution in [3.05, 3.63) is 32.9 Å². The number of hydrogen-bond acceptors (Lipinski definition) is 4. The van der Waals surface area contributed by atoms with E-state index in [4.69, 9.17) is 9.47 Å². The molecule has 0 bridgehead atoms. The minimum absolute atomic E-state index is 0.754. The number of benzene rings is 1. The van der Waals surface area contributed by atoms with Crippen LogP contribution in [-0.2, 0) is 6.54 Å². The van der Waals surface area contributed by atoms with Crippen molar-refractivity contribution in [2.75, 3.05) is 20.8 Å². The van der Waals surface area contributed by atoms with Crippen LogP contribution in [0.15, 0.2) is 27.4 Å². The van der Waals surface area contributed by atoms with Gasteiger partial charge in [-0.15, -0.1) is 0 Å². The van der Waals surface area contributed by atoms with Crippen LogP contribution in [0.1, 0.15) is 18.9 Å². The van der Waals surface area contributed by atoms with Gasteiger partial charge in [0.05, 0.1) is 14.2 Å². The zero-order valence-electron chi connectivity index (χ0n) is 12.5. The average molecular weight is 370 g/mol. The van der Waals surface area contributed by atoms with Gasteiger partial charge in [-0.1, -0.05) is 6.92 Å². The summed E-state index contributed by atoms with van der Waals surface area (Å²) in [6.07, 6.45) is 1.12. The topological polar surface area (TPSA) is 30.5 Å². The summed E-state index contributed by atoms with van der Waals surface area (Å²) in [6, 6.07) is 4.11. The van der Waals surface area contributed by atoms with Crippen LogP contribution >= 0.6 is 27.3 Å². The molecule has 114 valence electrons. The van der Waals surface area contributed by atoms with Crippen LogP contribution in [0.5, 0.6) is 11.5 Å². The lowest BCUT2D eigenvalue weighted by atomic mass is 10.0. The molecule has 0 saturated heterocycles. The Balaban J connectivity index is 2.46. The lowest BCUT2D eigenvalue weighted by Crippen LogP contribution is -2.14. The molecule has 0 saturated carbocycles. The molecule has 0 fully saturated rings. The highest BCUT2D eigenvalue weighted by Gasteiger charge is 2.15. The molecule has 0 aliphatic carbocycles. The molecule has 1 heterocycles. The van der Waals surface area contributed by atoms with Crippen molar-refractivity contribution >= 4 is 27.3 Å². The predicted octanol–water partition coefficient (Wildman–Crippen LogP) is 4.69. The second-order valence-corrected chi connectivity index (χ2v) is 6.27. The van der Waals surface area contributed by atoms with Gasteiger partial charge in [0.1, 0.15) is 0 Å². The van der Waals surface area contributed by atoms with Gasteiger partial charge in [-0.05, 0) is 57.5 Å². The van der Waals surface area contributed by atoms with Gasteiger partial charge in [0.25, 0.3) is 0 Å². The first-order chi connectivity index (χ1) is 10.2. The SMILES string of the molecule is CCCNCc1cc(OC)c(OC)cc1-c1cscc1Br. The first-order valence-electron chi connectivity index (χ1n) is 6.88. The highest BCUT2D eigenvalue weighted by molar-refractivity contribution is 9.10. The molecular formula is C16H20BrNO2S. The highest BCUT2D eigenvalue weighted by atomic mass is 79.9. The predicted molar refractivity (Wildman–Crippen MR) is 92.6 cm³/mol. The first-order valence-corrected chi connectivity index (χ1v) is 8.62. The average Bonchev–Trinajstić information content (AvgIpc) is 2.93. The summed E-state index contributed by atoms with van der Waals surface area (Å²) in [6.45, 7) is 3.97. The molecule has 0 spiro atoms.